The lowest BCUT2D eigenvalue weighted by Gasteiger charge is -2.10. The molecule has 0 saturated carbocycles. The van der Waals surface area contributed by atoms with E-state index in [-0.39, 0.29) is 5.92 Å². The van der Waals surface area contributed by atoms with Crippen molar-refractivity contribution in [1.82, 2.24) is 20.8 Å². The van der Waals surface area contributed by atoms with E-state index >= 15 is 0 Å². The number of rotatable bonds is 8. The van der Waals surface area contributed by atoms with E-state index in [1.165, 1.54) is 0 Å². The number of hydrogen-bond acceptors (Lipinski definition) is 5. The SMILES string of the molecule is CCOCCNC(=NC)NCCc1nc(C(C)C)no1. The normalized spacial score (nSPS) is 11.9. The molecule has 0 unspecified atom stereocenters. The molecule has 114 valence electrons. The standard InChI is InChI=1S/C13H25N5O2/c1-5-19-9-8-16-13(14-4)15-7-6-11-17-12(10(2)3)18-20-11/h10H,5-9H2,1-4H3,(H2,14,15,16). The summed E-state index contributed by atoms with van der Waals surface area (Å²) >= 11 is 0. The number of guanidine groups is 1. The van der Waals surface area contributed by atoms with Crippen LogP contribution in [-0.4, -0.2) is 49.5 Å². The molecule has 0 amide bonds. The van der Waals surface area contributed by atoms with Crippen LogP contribution in [0.3, 0.4) is 0 Å². The smallest absolute Gasteiger partial charge is 0.228 e. The zero-order valence-electron chi connectivity index (χ0n) is 12.8. The van der Waals surface area contributed by atoms with Crippen molar-refractivity contribution in [3.63, 3.8) is 0 Å². The van der Waals surface area contributed by atoms with Crippen LogP contribution in [0.1, 0.15) is 38.4 Å². The van der Waals surface area contributed by atoms with Gasteiger partial charge in [0, 0.05) is 39.1 Å². The summed E-state index contributed by atoms with van der Waals surface area (Å²) in [4.78, 5) is 8.44. The molecule has 0 radical (unpaired) electrons. The first-order chi connectivity index (χ1) is 9.67. The van der Waals surface area contributed by atoms with Gasteiger partial charge in [-0.1, -0.05) is 19.0 Å². The van der Waals surface area contributed by atoms with E-state index in [0.29, 0.717) is 25.5 Å². The van der Waals surface area contributed by atoms with Crippen molar-refractivity contribution < 1.29 is 9.26 Å². The Bertz CT molecular complexity index is 403. The number of aromatic nitrogens is 2. The van der Waals surface area contributed by atoms with Crippen molar-refractivity contribution in [1.29, 1.82) is 0 Å². The molecule has 1 aromatic rings. The summed E-state index contributed by atoms with van der Waals surface area (Å²) in [5.74, 6) is 2.42. The van der Waals surface area contributed by atoms with Crippen LogP contribution in [0.15, 0.2) is 9.52 Å². The quantitative estimate of drug-likeness (QED) is 0.419. The van der Waals surface area contributed by atoms with Crippen LogP contribution >= 0.6 is 0 Å². The van der Waals surface area contributed by atoms with Crippen LogP contribution in [0.2, 0.25) is 0 Å². The Morgan fingerprint density at radius 3 is 2.70 bits per heavy atom. The summed E-state index contributed by atoms with van der Waals surface area (Å²) in [7, 11) is 1.74. The summed E-state index contributed by atoms with van der Waals surface area (Å²) in [5.41, 5.74) is 0. The van der Waals surface area contributed by atoms with Crippen LogP contribution in [0, 0.1) is 0 Å². The molecule has 0 spiro atoms. The van der Waals surface area contributed by atoms with Crippen LogP contribution in [0.25, 0.3) is 0 Å². The fourth-order valence-electron chi connectivity index (χ4n) is 1.50. The zero-order valence-corrected chi connectivity index (χ0v) is 12.8. The van der Waals surface area contributed by atoms with E-state index in [2.05, 4.69) is 25.8 Å². The highest BCUT2D eigenvalue weighted by Crippen LogP contribution is 2.09. The van der Waals surface area contributed by atoms with Crippen molar-refractivity contribution >= 4 is 5.96 Å². The lowest BCUT2D eigenvalue weighted by molar-refractivity contribution is 0.152. The predicted molar refractivity (Wildman–Crippen MR) is 77.9 cm³/mol. The van der Waals surface area contributed by atoms with Crippen LogP contribution in [0.4, 0.5) is 0 Å². The fraction of sp³-hybridized carbons (Fsp3) is 0.769. The molecule has 2 N–H and O–H groups in total. The highest BCUT2D eigenvalue weighted by Gasteiger charge is 2.09. The van der Waals surface area contributed by atoms with Gasteiger partial charge in [0.2, 0.25) is 5.89 Å². The topological polar surface area (TPSA) is 84.6 Å². The minimum atomic E-state index is 0.286. The minimum absolute atomic E-state index is 0.286. The monoisotopic (exact) mass is 283 g/mol. The first-order valence-electron chi connectivity index (χ1n) is 7.02. The van der Waals surface area contributed by atoms with E-state index in [4.69, 9.17) is 9.26 Å². The Hall–Kier alpha value is -1.63. The van der Waals surface area contributed by atoms with Gasteiger partial charge in [0.1, 0.15) is 0 Å². The predicted octanol–water partition coefficient (Wildman–Crippen LogP) is 0.937. The Balaban J connectivity index is 2.23. The number of ether oxygens (including phenoxy) is 1. The minimum Gasteiger partial charge on any atom is -0.380 e. The molecule has 7 nitrogen and oxygen atoms in total. The van der Waals surface area contributed by atoms with Gasteiger partial charge in [-0.15, -0.1) is 0 Å². The Kier molecular flexibility index (Phi) is 7.64. The second-order valence-electron chi connectivity index (χ2n) is 4.57. The van der Waals surface area contributed by atoms with Crippen molar-refractivity contribution in [2.45, 2.75) is 33.1 Å². The molecule has 0 aliphatic heterocycles. The van der Waals surface area contributed by atoms with Gasteiger partial charge >= 0.3 is 0 Å². The van der Waals surface area contributed by atoms with Crippen molar-refractivity contribution in [3.05, 3.63) is 11.7 Å². The van der Waals surface area contributed by atoms with E-state index in [1.54, 1.807) is 7.05 Å². The number of aliphatic imine (C=N–C) groups is 1. The van der Waals surface area contributed by atoms with Gasteiger partial charge in [0.15, 0.2) is 11.8 Å². The number of nitrogens with zero attached hydrogens (tertiary/aromatic N) is 3. The maximum atomic E-state index is 5.25. The number of nitrogens with one attached hydrogen (secondary N) is 2. The zero-order chi connectivity index (χ0) is 14.8. The largest absolute Gasteiger partial charge is 0.380 e. The molecule has 0 aliphatic rings. The molecular weight excluding hydrogens is 258 g/mol. The Labute approximate surface area is 120 Å². The molecule has 1 aromatic heterocycles. The molecule has 1 rings (SSSR count). The second-order valence-corrected chi connectivity index (χ2v) is 4.57. The molecule has 0 aromatic carbocycles. The lowest BCUT2D eigenvalue weighted by atomic mass is 10.2. The lowest BCUT2D eigenvalue weighted by Crippen LogP contribution is -2.39. The van der Waals surface area contributed by atoms with Crippen molar-refractivity contribution in [2.75, 3.05) is 33.4 Å². The van der Waals surface area contributed by atoms with Crippen LogP contribution in [-0.2, 0) is 11.2 Å². The first-order valence-corrected chi connectivity index (χ1v) is 7.02. The van der Waals surface area contributed by atoms with E-state index in [1.807, 2.05) is 20.8 Å². The van der Waals surface area contributed by atoms with Crippen LogP contribution in [0.5, 0.6) is 0 Å². The van der Waals surface area contributed by atoms with Gasteiger partial charge in [-0.05, 0) is 6.92 Å². The van der Waals surface area contributed by atoms with Gasteiger partial charge in [0.05, 0.1) is 6.61 Å². The Morgan fingerprint density at radius 2 is 2.10 bits per heavy atom. The molecular formula is C13H25N5O2. The third kappa shape index (κ3) is 6.01. The summed E-state index contributed by atoms with van der Waals surface area (Å²) in [6, 6.07) is 0. The number of hydrogen-bond donors (Lipinski definition) is 2. The fourth-order valence-corrected chi connectivity index (χ4v) is 1.50. The average Bonchev–Trinajstić information content (AvgIpc) is 2.90. The highest BCUT2D eigenvalue weighted by molar-refractivity contribution is 5.79. The molecule has 0 fully saturated rings. The Morgan fingerprint density at radius 1 is 1.35 bits per heavy atom. The van der Waals surface area contributed by atoms with E-state index in [0.717, 1.165) is 24.9 Å². The van der Waals surface area contributed by atoms with Gasteiger partial charge in [0.25, 0.3) is 0 Å². The van der Waals surface area contributed by atoms with Crippen molar-refractivity contribution in [3.8, 4) is 0 Å². The van der Waals surface area contributed by atoms with Gasteiger partial charge in [-0.25, -0.2) is 0 Å². The maximum Gasteiger partial charge on any atom is 0.228 e. The molecule has 0 bridgehead atoms. The second kappa shape index (κ2) is 9.30. The molecule has 20 heavy (non-hydrogen) atoms. The van der Waals surface area contributed by atoms with E-state index < -0.39 is 0 Å². The van der Waals surface area contributed by atoms with E-state index in [9.17, 15) is 0 Å². The molecule has 7 heteroatoms. The molecule has 1 heterocycles. The van der Waals surface area contributed by atoms with Gasteiger partial charge in [-0.2, -0.15) is 4.98 Å². The maximum absolute atomic E-state index is 5.25. The van der Waals surface area contributed by atoms with Crippen molar-refractivity contribution in [2.24, 2.45) is 4.99 Å². The van der Waals surface area contributed by atoms with Gasteiger partial charge < -0.3 is 19.9 Å². The molecule has 0 saturated heterocycles. The molecule has 0 aliphatic carbocycles. The van der Waals surface area contributed by atoms with Crippen LogP contribution < -0.4 is 10.6 Å². The third-order valence-electron chi connectivity index (χ3n) is 2.60. The summed E-state index contributed by atoms with van der Waals surface area (Å²) < 4.78 is 10.4. The molecule has 0 atom stereocenters. The average molecular weight is 283 g/mol. The summed E-state index contributed by atoms with van der Waals surface area (Å²) in [5, 5.41) is 10.3. The first kappa shape index (κ1) is 16.4. The third-order valence-corrected chi connectivity index (χ3v) is 2.60. The highest BCUT2D eigenvalue weighted by atomic mass is 16.5. The van der Waals surface area contributed by atoms with Gasteiger partial charge in [-0.3, -0.25) is 4.99 Å². The summed E-state index contributed by atoms with van der Waals surface area (Å²) in [6.07, 6.45) is 0.672. The summed E-state index contributed by atoms with van der Waals surface area (Å²) in [6.45, 7) is 8.86.